The molecule has 0 aliphatic heterocycles. The van der Waals surface area contributed by atoms with Crippen LogP contribution in [0.2, 0.25) is 0 Å². The van der Waals surface area contributed by atoms with Gasteiger partial charge in [-0.2, -0.15) is 13.2 Å². The number of rotatable bonds is 13. The SMILES string of the molecule is CCN(CC)CCN(Cc1ccc(-c2ccc(C(F)(F)F)cc2)cc1)C(=O)Cn1c(SCc2ccc(F)cc2)nc2c(c1=O)CCC2. The third-order valence-corrected chi connectivity index (χ3v) is 9.58. The summed E-state index contributed by atoms with van der Waals surface area (Å²) in [6.07, 6.45) is -2.19. The average molecular weight is 667 g/mol. The van der Waals surface area contributed by atoms with Gasteiger partial charge in [-0.25, -0.2) is 9.37 Å². The van der Waals surface area contributed by atoms with Crippen molar-refractivity contribution in [2.24, 2.45) is 0 Å². The van der Waals surface area contributed by atoms with Gasteiger partial charge in [0.2, 0.25) is 5.91 Å². The number of fused-ring (bicyclic) bond motifs is 1. The predicted octanol–water partition coefficient (Wildman–Crippen LogP) is 7.22. The number of amides is 1. The molecule has 0 unspecified atom stereocenters. The summed E-state index contributed by atoms with van der Waals surface area (Å²) < 4.78 is 54.0. The number of nitrogens with zero attached hydrogens (tertiary/aromatic N) is 4. The molecule has 248 valence electrons. The normalized spacial score (nSPS) is 12.8. The maximum absolute atomic E-state index is 14.0. The zero-order valence-corrected chi connectivity index (χ0v) is 27.3. The number of hydrogen-bond donors (Lipinski definition) is 0. The Balaban J connectivity index is 1.37. The number of alkyl halides is 3. The highest BCUT2D eigenvalue weighted by Crippen LogP contribution is 2.31. The van der Waals surface area contributed by atoms with Crippen molar-refractivity contribution in [2.75, 3.05) is 26.2 Å². The van der Waals surface area contributed by atoms with Crippen LogP contribution in [0.3, 0.4) is 0 Å². The summed E-state index contributed by atoms with van der Waals surface area (Å²) in [6, 6.07) is 18.6. The Hall–Kier alpha value is -3.96. The lowest BCUT2D eigenvalue weighted by atomic mass is 10.0. The molecule has 0 saturated carbocycles. The van der Waals surface area contributed by atoms with E-state index in [-0.39, 0.29) is 23.8 Å². The van der Waals surface area contributed by atoms with E-state index in [0.717, 1.165) is 60.4 Å². The van der Waals surface area contributed by atoms with Crippen LogP contribution in [0.4, 0.5) is 17.6 Å². The second kappa shape index (κ2) is 15.3. The number of carbonyl (C=O) groups excluding carboxylic acids is 1. The molecule has 11 heteroatoms. The summed E-state index contributed by atoms with van der Waals surface area (Å²) in [5.74, 6) is -0.0678. The molecule has 1 amide bonds. The van der Waals surface area contributed by atoms with Crippen molar-refractivity contribution in [1.29, 1.82) is 0 Å². The van der Waals surface area contributed by atoms with Gasteiger partial charge in [-0.3, -0.25) is 14.2 Å². The molecule has 1 aromatic heterocycles. The highest BCUT2D eigenvalue weighted by atomic mass is 32.2. The number of aryl methyl sites for hydroxylation is 1. The molecule has 0 radical (unpaired) electrons. The molecule has 1 heterocycles. The van der Waals surface area contributed by atoms with Crippen LogP contribution in [0.15, 0.2) is 82.7 Å². The third-order valence-electron chi connectivity index (χ3n) is 8.53. The average Bonchev–Trinajstić information content (AvgIpc) is 3.55. The van der Waals surface area contributed by atoms with E-state index in [1.165, 1.54) is 40.6 Å². The van der Waals surface area contributed by atoms with Crippen LogP contribution < -0.4 is 5.56 Å². The summed E-state index contributed by atoms with van der Waals surface area (Å²) in [7, 11) is 0. The zero-order valence-electron chi connectivity index (χ0n) is 26.5. The van der Waals surface area contributed by atoms with Gasteiger partial charge >= 0.3 is 6.18 Å². The van der Waals surface area contributed by atoms with Gasteiger partial charge in [0.05, 0.1) is 11.3 Å². The van der Waals surface area contributed by atoms with Crippen molar-refractivity contribution in [3.05, 3.63) is 117 Å². The molecule has 6 nitrogen and oxygen atoms in total. The van der Waals surface area contributed by atoms with Crippen molar-refractivity contribution >= 4 is 17.7 Å². The van der Waals surface area contributed by atoms with Gasteiger partial charge < -0.3 is 9.80 Å². The van der Waals surface area contributed by atoms with Crippen molar-refractivity contribution < 1.29 is 22.4 Å². The summed E-state index contributed by atoms with van der Waals surface area (Å²) in [4.78, 5) is 36.5. The van der Waals surface area contributed by atoms with Crippen LogP contribution in [0, 0.1) is 5.82 Å². The molecule has 1 aliphatic carbocycles. The fourth-order valence-corrected chi connectivity index (χ4v) is 6.66. The van der Waals surface area contributed by atoms with Crippen molar-refractivity contribution in [2.45, 2.75) is 63.3 Å². The minimum atomic E-state index is -4.40. The van der Waals surface area contributed by atoms with Gasteiger partial charge in [-0.15, -0.1) is 0 Å². The largest absolute Gasteiger partial charge is 0.416 e. The lowest BCUT2D eigenvalue weighted by Gasteiger charge is -2.27. The molecule has 1 aliphatic rings. The van der Waals surface area contributed by atoms with Crippen LogP contribution >= 0.6 is 11.8 Å². The third kappa shape index (κ3) is 8.70. The van der Waals surface area contributed by atoms with Crippen molar-refractivity contribution in [3.63, 3.8) is 0 Å². The van der Waals surface area contributed by atoms with E-state index in [1.807, 2.05) is 24.3 Å². The number of halogens is 4. The van der Waals surface area contributed by atoms with E-state index in [2.05, 4.69) is 18.7 Å². The fraction of sp³-hybridized carbons (Fsp3) is 0.361. The van der Waals surface area contributed by atoms with Crippen LogP contribution in [0.5, 0.6) is 0 Å². The fourth-order valence-electron chi connectivity index (χ4n) is 5.69. The molecule has 47 heavy (non-hydrogen) atoms. The Bertz CT molecular complexity index is 1720. The predicted molar refractivity (Wildman–Crippen MR) is 177 cm³/mol. The zero-order chi connectivity index (χ0) is 33.6. The van der Waals surface area contributed by atoms with E-state index in [4.69, 9.17) is 4.98 Å². The van der Waals surface area contributed by atoms with Gasteiger partial charge in [0.25, 0.3) is 5.56 Å². The van der Waals surface area contributed by atoms with Gasteiger partial charge in [0, 0.05) is 31.0 Å². The first kappa shape index (κ1) is 34.4. The molecule has 0 fully saturated rings. The summed E-state index contributed by atoms with van der Waals surface area (Å²) >= 11 is 1.36. The second-order valence-corrected chi connectivity index (χ2v) is 12.5. The number of hydrogen-bond acceptors (Lipinski definition) is 5. The van der Waals surface area contributed by atoms with Gasteiger partial charge in [-0.05, 0) is 78.9 Å². The Labute approximate surface area is 276 Å². The van der Waals surface area contributed by atoms with Gasteiger partial charge in [-0.1, -0.05) is 74.1 Å². The van der Waals surface area contributed by atoms with E-state index < -0.39 is 11.7 Å². The van der Waals surface area contributed by atoms with E-state index in [1.54, 1.807) is 17.0 Å². The second-order valence-electron chi connectivity index (χ2n) is 11.6. The number of carbonyl (C=O) groups is 1. The van der Waals surface area contributed by atoms with E-state index in [9.17, 15) is 27.2 Å². The van der Waals surface area contributed by atoms with Gasteiger partial charge in [0.15, 0.2) is 5.16 Å². The van der Waals surface area contributed by atoms with Crippen LogP contribution in [-0.4, -0.2) is 51.4 Å². The number of aromatic nitrogens is 2. The standard InChI is InChI=1S/C36H38F4N4O2S/c1-3-42(4-2)20-21-43(22-25-8-12-27(13-9-25)28-14-16-29(17-15-28)36(38,39)40)33(45)23-44-34(46)31-6-5-7-32(31)41-35(44)47-24-26-10-18-30(37)19-11-26/h8-19H,3-7,20-24H2,1-2H3. The summed E-state index contributed by atoms with van der Waals surface area (Å²) in [6.45, 7) is 7.05. The van der Waals surface area contributed by atoms with Crippen molar-refractivity contribution in [3.8, 4) is 11.1 Å². The molecule has 5 rings (SSSR count). The Morgan fingerprint density at radius 3 is 2.11 bits per heavy atom. The Morgan fingerprint density at radius 2 is 1.49 bits per heavy atom. The van der Waals surface area contributed by atoms with Crippen LogP contribution in [0.25, 0.3) is 11.1 Å². The smallest absolute Gasteiger partial charge is 0.336 e. The number of thioether (sulfide) groups is 1. The number of likely N-dealkylation sites (N-methyl/N-ethyl adjacent to an activating group) is 1. The lowest BCUT2D eigenvalue weighted by Crippen LogP contribution is -2.41. The molecule has 0 atom stereocenters. The monoisotopic (exact) mass is 666 g/mol. The van der Waals surface area contributed by atoms with Crippen molar-refractivity contribution in [1.82, 2.24) is 19.4 Å². The maximum Gasteiger partial charge on any atom is 0.416 e. The molecular formula is C36H38F4N4O2S. The molecule has 0 saturated heterocycles. The van der Waals surface area contributed by atoms with E-state index in [0.29, 0.717) is 48.1 Å². The highest BCUT2D eigenvalue weighted by molar-refractivity contribution is 7.98. The molecule has 4 aromatic rings. The highest BCUT2D eigenvalue weighted by Gasteiger charge is 2.30. The number of benzene rings is 3. The lowest BCUT2D eigenvalue weighted by molar-refractivity contribution is -0.137. The minimum absolute atomic E-state index is 0.160. The molecule has 0 bridgehead atoms. The Morgan fingerprint density at radius 1 is 0.872 bits per heavy atom. The quantitative estimate of drug-likeness (QED) is 0.0857. The van der Waals surface area contributed by atoms with Gasteiger partial charge in [0.1, 0.15) is 12.4 Å². The minimum Gasteiger partial charge on any atom is -0.336 e. The van der Waals surface area contributed by atoms with Crippen LogP contribution in [-0.2, 0) is 42.7 Å². The summed E-state index contributed by atoms with van der Waals surface area (Å²) in [5, 5.41) is 0.470. The first-order valence-electron chi connectivity index (χ1n) is 15.8. The molecule has 0 spiro atoms. The molecular weight excluding hydrogens is 628 g/mol. The summed E-state index contributed by atoms with van der Waals surface area (Å²) in [5.41, 5.74) is 3.73. The Kier molecular flexibility index (Phi) is 11.2. The first-order valence-corrected chi connectivity index (χ1v) is 16.8. The molecule has 3 aromatic carbocycles. The topological polar surface area (TPSA) is 58.4 Å². The molecule has 0 N–H and O–H groups in total. The first-order chi connectivity index (χ1) is 22.5. The van der Waals surface area contributed by atoms with E-state index >= 15 is 0 Å². The maximum atomic E-state index is 14.0. The van der Waals surface area contributed by atoms with Crippen LogP contribution in [0.1, 0.15) is 48.2 Å².